The molecule has 2 aromatic heterocycles. The molecule has 1 atom stereocenters. The molecule has 6 rings (SSSR count). The molecule has 0 spiro atoms. The number of rotatable bonds is 7. The molecule has 7 nitrogen and oxygen atoms in total. The molecule has 2 amide bonds. The van der Waals surface area contributed by atoms with Crippen molar-refractivity contribution in [2.75, 3.05) is 25.0 Å². The largest absolute Gasteiger partial charge is 0.336 e. The zero-order valence-corrected chi connectivity index (χ0v) is 23.9. The van der Waals surface area contributed by atoms with Crippen LogP contribution in [0.25, 0.3) is 16.6 Å². The first kappa shape index (κ1) is 27.1. The van der Waals surface area contributed by atoms with E-state index in [2.05, 4.69) is 39.6 Å². The summed E-state index contributed by atoms with van der Waals surface area (Å²) in [7, 11) is 0. The number of aromatic nitrogens is 2. The predicted molar refractivity (Wildman–Crippen MR) is 159 cm³/mol. The first-order valence-corrected chi connectivity index (χ1v) is 14.5. The average Bonchev–Trinajstić information content (AvgIpc) is 3.53. The third-order valence-corrected chi connectivity index (χ3v) is 8.46. The van der Waals surface area contributed by atoms with E-state index in [1.165, 1.54) is 23.3 Å². The Bertz CT molecular complexity index is 1630. The van der Waals surface area contributed by atoms with Gasteiger partial charge >= 0.3 is 0 Å². The Balaban J connectivity index is 1.33. The number of pyridine rings is 1. The highest BCUT2D eigenvalue weighted by Crippen LogP contribution is 2.36. The standard InChI is InChI=1S/C33H36FN5O2/c1-4-38(21(2)3)33(41)27-16-25(34)9-10-30(27)39-20-28(26-11-12-35-17-31(26)39)24-6-5-13-37(19-24)18-22-7-8-23-15-32(40)36-29(23)14-22/h7-12,14,16-17,20-21,24H,4-6,13,15,18-19H2,1-3H3,(H,36,40)/t24-/m0/s1. The number of piperidine rings is 1. The maximum atomic E-state index is 14.5. The number of fused-ring (bicyclic) bond motifs is 2. The number of benzene rings is 2. The van der Waals surface area contributed by atoms with E-state index in [0.717, 1.165) is 54.6 Å². The number of anilines is 1. The van der Waals surface area contributed by atoms with Gasteiger partial charge in [0.25, 0.3) is 5.91 Å². The number of nitrogens with one attached hydrogen (secondary N) is 1. The second-order valence-electron chi connectivity index (χ2n) is 11.5. The summed E-state index contributed by atoms with van der Waals surface area (Å²) in [5, 5.41) is 4.07. The normalized spacial score (nSPS) is 17.2. The van der Waals surface area contributed by atoms with Crippen molar-refractivity contribution in [1.29, 1.82) is 0 Å². The molecule has 4 aromatic rings. The molecular weight excluding hydrogens is 517 g/mol. The van der Waals surface area contributed by atoms with Crippen LogP contribution in [-0.2, 0) is 17.8 Å². The van der Waals surface area contributed by atoms with Crippen molar-refractivity contribution in [3.8, 4) is 5.69 Å². The first-order valence-electron chi connectivity index (χ1n) is 14.5. The maximum absolute atomic E-state index is 14.5. The monoisotopic (exact) mass is 553 g/mol. The van der Waals surface area contributed by atoms with E-state index < -0.39 is 5.82 Å². The van der Waals surface area contributed by atoms with Gasteiger partial charge in [-0.25, -0.2) is 4.39 Å². The second kappa shape index (κ2) is 11.1. The SMILES string of the molecule is CCN(C(=O)c1cc(F)ccc1-n1cc([C@H]2CCCN(Cc3ccc4c(c3)NC(=O)C4)C2)c2ccncc21)C(C)C. The van der Waals surface area contributed by atoms with Crippen molar-refractivity contribution in [3.63, 3.8) is 0 Å². The predicted octanol–water partition coefficient (Wildman–Crippen LogP) is 5.91. The van der Waals surface area contributed by atoms with Gasteiger partial charge < -0.3 is 14.8 Å². The van der Waals surface area contributed by atoms with Crippen molar-refractivity contribution in [1.82, 2.24) is 19.4 Å². The second-order valence-corrected chi connectivity index (χ2v) is 11.5. The van der Waals surface area contributed by atoms with Gasteiger partial charge in [-0.15, -0.1) is 0 Å². The van der Waals surface area contributed by atoms with Gasteiger partial charge in [-0.2, -0.15) is 0 Å². The van der Waals surface area contributed by atoms with Crippen LogP contribution in [0.2, 0.25) is 0 Å². The maximum Gasteiger partial charge on any atom is 0.256 e. The highest BCUT2D eigenvalue weighted by atomic mass is 19.1. The first-order chi connectivity index (χ1) is 19.8. The Labute approximate surface area is 240 Å². The molecular formula is C33H36FN5O2. The molecule has 1 fully saturated rings. The third kappa shape index (κ3) is 5.24. The van der Waals surface area contributed by atoms with Crippen LogP contribution in [0.4, 0.5) is 10.1 Å². The smallest absolute Gasteiger partial charge is 0.256 e. The van der Waals surface area contributed by atoms with Crippen LogP contribution >= 0.6 is 0 Å². The minimum atomic E-state index is -0.430. The van der Waals surface area contributed by atoms with Gasteiger partial charge in [-0.05, 0) is 93.1 Å². The Morgan fingerprint density at radius 3 is 2.85 bits per heavy atom. The number of hydrogen-bond acceptors (Lipinski definition) is 4. The highest BCUT2D eigenvalue weighted by molar-refractivity contribution is 6.00. The molecule has 0 radical (unpaired) electrons. The van der Waals surface area contributed by atoms with E-state index >= 15 is 0 Å². The lowest BCUT2D eigenvalue weighted by Crippen LogP contribution is -2.37. The molecule has 0 bridgehead atoms. The summed E-state index contributed by atoms with van der Waals surface area (Å²) < 4.78 is 16.5. The summed E-state index contributed by atoms with van der Waals surface area (Å²) in [6.45, 7) is 9.16. The zero-order chi connectivity index (χ0) is 28.7. The number of halogens is 1. The Kier molecular flexibility index (Phi) is 7.34. The van der Waals surface area contributed by atoms with E-state index in [-0.39, 0.29) is 17.9 Å². The van der Waals surface area contributed by atoms with Crippen molar-refractivity contribution in [3.05, 3.63) is 89.1 Å². The van der Waals surface area contributed by atoms with E-state index in [0.29, 0.717) is 30.1 Å². The van der Waals surface area contributed by atoms with E-state index in [1.54, 1.807) is 11.0 Å². The van der Waals surface area contributed by atoms with E-state index in [4.69, 9.17) is 0 Å². The van der Waals surface area contributed by atoms with Crippen molar-refractivity contribution < 1.29 is 14.0 Å². The molecule has 212 valence electrons. The number of carbonyl (C=O) groups is 2. The minimum Gasteiger partial charge on any atom is -0.336 e. The van der Waals surface area contributed by atoms with E-state index in [1.807, 2.05) is 43.8 Å². The van der Waals surface area contributed by atoms with Crippen LogP contribution in [0.5, 0.6) is 0 Å². The molecule has 2 aliphatic heterocycles. The Morgan fingerprint density at radius 2 is 2.05 bits per heavy atom. The molecule has 0 aliphatic carbocycles. The van der Waals surface area contributed by atoms with Crippen LogP contribution in [-0.4, -0.2) is 56.8 Å². The molecule has 41 heavy (non-hydrogen) atoms. The molecule has 0 unspecified atom stereocenters. The summed E-state index contributed by atoms with van der Waals surface area (Å²) in [5.41, 5.74) is 6.31. The molecule has 1 saturated heterocycles. The number of likely N-dealkylation sites (tertiary alicyclic amines) is 1. The number of amides is 2. The summed E-state index contributed by atoms with van der Waals surface area (Å²) in [6.07, 6.45) is 8.35. The van der Waals surface area contributed by atoms with Crippen LogP contribution in [0, 0.1) is 5.82 Å². The Morgan fingerprint density at radius 1 is 1.20 bits per heavy atom. The third-order valence-electron chi connectivity index (χ3n) is 8.46. The van der Waals surface area contributed by atoms with Gasteiger partial charge in [0, 0.05) is 49.1 Å². The van der Waals surface area contributed by atoms with Crippen molar-refractivity contribution in [2.24, 2.45) is 0 Å². The average molecular weight is 554 g/mol. The topological polar surface area (TPSA) is 70.5 Å². The van der Waals surface area contributed by atoms with Crippen LogP contribution in [0.1, 0.15) is 66.6 Å². The van der Waals surface area contributed by atoms with Crippen LogP contribution in [0.3, 0.4) is 0 Å². The fraction of sp³-hybridized carbons (Fsp3) is 0.364. The van der Waals surface area contributed by atoms with Crippen LogP contribution in [0.15, 0.2) is 61.1 Å². The summed E-state index contributed by atoms with van der Waals surface area (Å²) in [6, 6.07) is 12.8. The van der Waals surface area contributed by atoms with Gasteiger partial charge in [-0.3, -0.25) is 19.5 Å². The molecule has 2 aliphatic rings. The molecule has 2 aromatic carbocycles. The van der Waals surface area contributed by atoms with Crippen molar-refractivity contribution >= 4 is 28.4 Å². The fourth-order valence-corrected chi connectivity index (χ4v) is 6.48. The Hall–Kier alpha value is -4.04. The molecule has 0 saturated carbocycles. The molecule has 1 N–H and O–H groups in total. The quantitative estimate of drug-likeness (QED) is 0.309. The number of hydrogen-bond donors (Lipinski definition) is 1. The lowest BCUT2D eigenvalue weighted by atomic mass is 9.90. The number of carbonyl (C=O) groups excluding carboxylic acids is 2. The van der Waals surface area contributed by atoms with Gasteiger partial charge in [0.1, 0.15) is 5.82 Å². The van der Waals surface area contributed by atoms with Gasteiger partial charge in [-0.1, -0.05) is 12.1 Å². The highest BCUT2D eigenvalue weighted by Gasteiger charge is 2.27. The van der Waals surface area contributed by atoms with E-state index in [9.17, 15) is 14.0 Å². The summed E-state index contributed by atoms with van der Waals surface area (Å²) in [5.74, 6) is -0.260. The van der Waals surface area contributed by atoms with Gasteiger partial charge in [0.05, 0.1) is 29.4 Å². The zero-order valence-electron chi connectivity index (χ0n) is 23.9. The van der Waals surface area contributed by atoms with Gasteiger partial charge in [0.2, 0.25) is 5.91 Å². The number of nitrogens with zero attached hydrogens (tertiary/aromatic N) is 4. The van der Waals surface area contributed by atoms with Crippen LogP contribution < -0.4 is 5.32 Å². The lowest BCUT2D eigenvalue weighted by molar-refractivity contribution is -0.115. The summed E-state index contributed by atoms with van der Waals surface area (Å²) >= 11 is 0. The summed E-state index contributed by atoms with van der Waals surface area (Å²) in [4.78, 5) is 34.0. The van der Waals surface area contributed by atoms with Crippen molar-refractivity contribution in [2.45, 2.75) is 58.5 Å². The fourth-order valence-electron chi connectivity index (χ4n) is 6.48. The lowest BCUT2D eigenvalue weighted by Gasteiger charge is -2.33. The molecule has 4 heterocycles. The van der Waals surface area contributed by atoms with Gasteiger partial charge in [0.15, 0.2) is 0 Å². The molecule has 8 heteroatoms. The minimum absolute atomic E-state index is 0.00239.